The molecule has 4 amide bonds. The maximum absolute atomic E-state index is 13.9. The number of hydrogen-bond acceptors (Lipinski definition) is 8. The van der Waals surface area contributed by atoms with E-state index in [1.807, 2.05) is 19.1 Å². The summed E-state index contributed by atoms with van der Waals surface area (Å²) in [5.41, 5.74) is 4.13. The number of imidazole rings is 2. The molecule has 2 unspecified atom stereocenters. The van der Waals surface area contributed by atoms with Gasteiger partial charge in [-0.15, -0.1) is 0 Å². The van der Waals surface area contributed by atoms with Crippen molar-refractivity contribution in [3.63, 3.8) is 0 Å². The molecular formula is C30H36N8O6. The Labute approximate surface area is 253 Å². The molecular weight excluding hydrogens is 568 g/mol. The molecule has 0 aliphatic heterocycles. The molecule has 4 aromatic rings. The normalized spacial score (nSPS) is 19.2. The van der Waals surface area contributed by atoms with Gasteiger partial charge in [-0.2, -0.15) is 0 Å². The number of fused-ring (bicyclic) bond motifs is 2. The van der Waals surface area contributed by atoms with Crippen LogP contribution in [0.2, 0.25) is 0 Å². The van der Waals surface area contributed by atoms with Crippen LogP contribution in [-0.2, 0) is 9.47 Å². The summed E-state index contributed by atoms with van der Waals surface area (Å²) in [5, 5.41) is 6.82. The second kappa shape index (κ2) is 11.9. The van der Waals surface area contributed by atoms with Crippen LogP contribution in [0, 0.1) is 10.8 Å². The van der Waals surface area contributed by atoms with E-state index in [-0.39, 0.29) is 17.9 Å². The molecule has 3 N–H and O–H groups in total. The number of rotatable bonds is 4. The van der Waals surface area contributed by atoms with E-state index in [9.17, 15) is 19.2 Å². The first-order valence-electron chi connectivity index (χ1n) is 14.1. The second-order valence-corrected chi connectivity index (χ2v) is 12.1. The number of nitrogens with one attached hydrogen (secondary N) is 3. The van der Waals surface area contributed by atoms with Gasteiger partial charge < -0.3 is 14.8 Å². The van der Waals surface area contributed by atoms with Crippen molar-refractivity contribution in [2.75, 3.05) is 26.1 Å². The monoisotopic (exact) mass is 604 g/mol. The summed E-state index contributed by atoms with van der Waals surface area (Å²) in [6.45, 7) is 6.46. The maximum atomic E-state index is 13.9. The maximum Gasteiger partial charge on any atom is 0.425 e. The summed E-state index contributed by atoms with van der Waals surface area (Å²) in [6.07, 6.45) is 1.66. The van der Waals surface area contributed by atoms with Gasteiger partial charge in [-0.3, -0.25) is 5.32 Å². The highest BCUT2D eigenvalue weighted by Gasteiger charge is 2.45. The Morgan fingerprint density at radius 3 is 2.30 bits per heavy atom. The van der Waals surface area contributed by atoms with E-state index < -0.39 is 35.7 Å². The minimum atomic E-state index is -0.779. The topological polar surface area (TPSA) is 162 Å². The Balaban J connectivity index is 1.41. The summed E-state index contributed by atoms with van der Waals surface area (Å²) in [7, 11) is 2.46. The number of amides is 4. The SMILES string of the molecule is COC(=O)Nc1nc2ccccc2n1C(=O)NCC1(C)CC(N(NC(=O)OC)C(=O)n2cnc3ccccc32)CC(C)(C)C1. The Kier molecular flexibility index (Phi) is 8.17. The first-order valence-corrected chi connectivity index (χ1v) is 14.1. The van der Waals surface area contributed by atoms with Crippen molar-refractivity contribution in [2.45, 2.75) is 46.1 Å². The molecule has 2 atom stereocenters. The summed E-state index contributed by atoms with van der Waals surface area (Å²) in [4.78, 5) is 60.7. The number of anilines is 1. The van der Waals surface area contributed by atoms with Crippen molar-refractivity contribution in [3.05, 3.63) is 54.9 Å². The van der Waals surface area contributed by atoms with Gasteiger partial charge in [-0.05, 0) is 54.4 Å². The third-order valence-corrected chi connectivity index (χ3v) is 7.88. The van der Waals surface area contributed by atoms with E-state index in [0.717, 1.165) is 6.42 Å². The molecule has 0 bridgehead atoms. The first kappa shape index (κ1) is 30.3. The van der Waals surface area contributed by atoms with Crippen LogP contribution in [0.3, 0.4) is 0 Å². The van der Waals surface area contributed by atoms with Crippen LogP contribution in [0.15, 0.2) is 54.9 Å². The highest BCUT2D eigenvalue weighted by Crippen LogP contribution is 2.47. The molecule has 232 valence electrons. The number of hydrogen-bond donors (Lipinski definition) is 3. The van der Waals surface area contributed by atoms with E-state index in [0.29, 0.717) is 34.9 Å². The average Bonchev–Trinajstić information content (AvgIpc) is 3.58. The molecule has 14 heteroatoms. The molecule has 14 nitrogen and oxygen atoms in total. The lowest BCUT2D eigenvalue weighted by atomic mass is 9.62. The van der Waals surface area contributed by atoms with Crippen molar-refractivity contribution in [3.8, 4) is 0 Å². The summed E-state index contributed by atoms with van der Waals surface area (Å²) in [5.74, 6) is 0.0224. The fraction of sp³-hybridized carbons (Fsp3) is 0.400. The van der Waals surface area contributed by atoms with Crippen molar-refractivity contribution in [1.82, 2.24) is 34.9 Å². The van der Waals surface area contributed by atoms with E-state index >= 15 is 0 Å². The van der Waals surface area contributed by atoms with Gasteiger partial charge in [0.1, 0.15) is 6.33 Å². The zero-order valence-corrected chi connectivity index (χ0v) is 25.3. The van der Waals surface area contributed by atoms with Gasteiger partial charge >= 0.3 is 24.2 Å². The molecule has 2 aromatic carbocycles. The second-order valence-electron chi connectivity index (χ2n) is 12.1. The van der Waals surface area contributed by atoms with Gasteiger partial charge in [-0.25, -0.2) is 48.7 Å². The number of para-hydroxylation sites is 4. The number of methoxy groups -OCH3 is 2. The average molecular weight is 605 g/mol. The van der Waals surface area contributed by atoms with E-state index in [2.05, 4.69) is 39.9 Å². The highest BCUT2D eigenvalue weighted by atomic mass is 16.5. The number of carbonyl (C=O) groups excluding carboxylic acids is 4. The first-order chi connectivity index (χ1) is 20.9. The lowest BCUT2D eigenvalue weighted by Crippen LogP contribution is -2.58. The molecule has 0 spiro atoms. The molecule has 1 aliphatic carbocycles. The van der Waals surface area contributed by atoms with E-state index in [1.54, 1.807) is 36.4 Å². The zero-order valence-electron chi connectivity index (χ0n) is 25.3. The van der Waals surface area contributed by atoms with Crippen LogP contribution in [0.1, 0.15) is 40.0 Å². The fourth-order valence-corrected chi connectivity index (χ4v) is 6.39. The van der Waals surface area contributed by atoms with Gasteiger partial charge in [0.25, 0.3) is 0 Å². The number of carbonyl (C=O) groups is 4. The molecule has 44 heavy (non-hydrogen) atoms. The molecule has 2 heterocycles. The Morgan fingerprint density at radius 2 is 1.59 bits per heavy atom. The number of aromatic nitrogens is 4. The van der Waals surface area contributed by atoms with Crippen molar-refractivity contribution in [2.24, 2.45) is 10.8 Å². The van der Waals surface area contributed by atoms with Gasteiger partial charge in [0, 0.05) is 6.54 Å². The Bertz CT molecular complexity index is 1730. The Hall–Kier alpha value is -5.14. The van der Waals surface area contributed by atoms with Gasteiger partial charge in [-0.1, -0.05) is 45.0 Å². The van der Waals surface area contributed by atoms with Crippen molar-refractivity contribution in [1.29, 1.82) is 0 Å². The molecule has 1 saturated carbocycles. The van der Waals surface area contributed by atoms with Crippen LogP contribution in [0.5, 0.6) is 0 Å². The number of nitrogens with zero attached hydrogens (tertiary/aromatic N) is 5. The molecule has 0 saturated heterocycles. The van der Waals surface area contributed by atoms with E-state index in [4.69, 9.17) is 9.47 Å². The van der Waals surface area contributed by atoms with Crippen molar-refractivity contribution < 1.29 is 28.7 Å². The standard InChI is InChI=1S/C30H36N8O6/c1-29(2)14-19(38(35-27(41)44-5)28(42)36-18-32-20-10-6-8-12-22(20)36)15-30(3,16-29)17-31-25(39)37-23-13-9-7-11-21(23)33-24(37)34-26(40)43-4/h6-13,18-19H,14-17H2,1-5H3,(H,31,39)(H,35,41)(H,33,34,40). The van der Waals surface area contributed by atoms with Gasteiger partial charge in [0.05, 0.1) is 42.3 Å². The smallest absolute Gasteiger partial charge is 0.425 e. The van der Waals surface area contributed by atoms with Crippen LogP contribution >= 0.6 is 0 Å². The van der Waals surface area contributed by atoms with Crippen LogP contribution in [0.4, 0.5) is 25.1 Å². The van der Waals surface area contributed by atoms with Gasteiger partial charge in [0.15, 0.2) is 0 Å². The van der Waals surface area contributed by atoms with Crippen LogP contribution < -0.4 is 16.1 Å². The lowest BCUT2D eigenvalue weighted by Gasteiger charge is -2.49. The van der Waals surface area contributed by atoms with Crippen LogP contribution in [0.25, 0.3) is 22.1 Å². The number of benzene rings is 2. The number of ether oxygens (including phenoxy) is 2. The molecule has 5 rings (SSSR count). The Morgan fingerprint density at radius 1 is 0.932 bits per heavy atom. The quantitative estimate of drug-likeness (QED) is 0.276. The summed E-state index contributed by atoms with van der Waals surface area (Å²) < 4.78 is 12.3. The minimum absolute atomic E-state index is 0.0224. The molecule has 0 radical (unpaired) electrons. The zero-order chi connectivity index (χ0) is 31.6. The fourth-order valence-electron chi connectivity index (χ4n) is 6.39. The van der Waals surface area contributed by atoms with Crippen LogP contribution in [-0.4, -0.2) is 75.2 Å². The predicted molar refractivity (Wildman–Crippen MR) is 162 cm³/mol. The minimum Gasteiger partial charge on any atom is -0.453 e. The van der Waals surface area contributed by atoms with Crippen molar-refractivity contribution >= 4 is 52.3 Å². The molecule has 1 fully saturated rings. The largest absolute Gasteiger partial charge is 0.453 e. The molecule has 2 aromatic heterocycles. The lowest BCUT2D eigenvalue weighted by molar-refractivity contribution is 0.0134. The number of hydrazine groups is 1. The third-order valence-electron chi connectivity index (χ3n) is 7.88. The summed E-state index contributed by atoms with van der Waals surface area (Å²) in [6, 6.07) is 12.8. The summed E-state index contributed by atoms with van der Waals surface area (Å²) >= 11 is 0. The third kappa shape index (κ3) is 6.14. The molecule has 1 aliphatic rings. The highest BCUT2D eigenvalue weighted by molar-refractivity contribution is 5.96. The van der Waals surface area contributed by atoms with Gasteiger partial charge in [0.2, 0.25) is 5.95 Å². The predicted octanol–water partition coefficient (Wildman–Crippen LogP) is 4.95. The van der Waals surface area contributed by atoms with E-state index in [1.165, 1.54) is 34.7 Å².